The third kappa shape index (κ3) is 2.77. The lowest BCUT2D eigenvalue weighted by molar-refractivity contribution is 0.00293. The summed E-state index contributed by atoms with van der Waals surface area (Å²) < 4.78 is 5.48. The second-order valence-corrected chi connectivity index (χ2v) is 4.39. The maximum Gasteiger partial charge on any atom is 0.133 e. The minimum absolute atomic E-state index is 0.388. The highest BCUT2D eigenvalue weighted by Gasteiger charge is 2.29. The number of nitrogen functional groups attached to an aromatic ring is 1. The molecule has 4 nitrogen and oxygen atoms in total. The van der Waals surface area contributed by atoms with Crippen LogP contribution in [0.5, 0.6) is 0 Å². The zero-order valence-corrected chi connectivity index (χ0v) is 10.00. The normalized spacial score (nSPS) is 23.9. The molecule has 88 valence electrons. The summed E-state index contributed by atoms with van der Waals surface area (Å²) in [6.07, 6.45) is 2.42. The number of halogens is 1. The van der Waals surface area contributed by atoms with Gasteiger partial charge in [0.25, 0.3) is 0 Å². The molecule has 0 radical (unpaired) electrons. The van der Waals surface area contributed by atoms with Crippen LogP contribution in [0.1, 0.15) is 19.8 Å². The first-order chi connectivity index (χ1) is 7.67. The van der Waals surface area contributed by atoms with E-state index in [-0.39, 0.29) is 0 Å². The van der Waals surface area contributed by atoms with Gasteiger partial charge in [-0.3, -0.25) is 0 Å². The molecule has 2 rings (SSSR count). The van der Waals surface area contributed by atoms with E-state index in [9.17, 15) is 0 Å². The predicted molar refractivity (Wildman–Crippen MR) is 65.7 cm³/mol. The number of ether oxygens (including phenoxy) is 1. The number of nitrogens with two attached hydrogens (primary N) is 1. The van der Waals surface area contributed by atoms with Crippen molar-refractivity contribution in [3.05, 3.63) is 17.3 Å². The van der Waals surface area contributed by atoms with Crippen molar-refractivity contribution in [2.45, 2.75) is 31.9 Å². The van der Waals surface area contributed by atoms with Crippen LogP contribution in [0, 0.1) is 0 Å². The van der Waals surface area contributed by atoms with Crippen LogP contribution in [0.2, 0.25) is 5.15 Å². The first-order valence-electron chi connectivity index (χ1n) is 5.48. The van der Waals surface area contributed by atoms with E-state index in [1.54, 1.807) is 12.1 Å². The second-order valence-electron chi connectivity index (χ2n) is 4.00. The molecule has 1 aromatic heterocycles. The lowest BCUT2D eigenvalue weighted by Gasteiger charge is -2.35. The van der Waals surface area contributed by atoms with Gasteiger partial charge in [0.15, 0.2) is 0 Å². The van der Waals surface area contributed by atoms with E-state index in [1.807, 2.05) is 6.92 Å². The van der Waals surface area contributed by atoms with Gasteiger partial charge < -0.3 is 15.8 Å². The molecule has 1 aliphatic carbocycles. The summed E-state index contributed by atoms with van der Waals surface area (Å²) in [6, 6.07) is 3.85. The summed E-state index contributed by atoms with van der Waals surface area (Å²) >= 11 is 5.82. The van der Waals surface area contributed by atoms with E-state index in [1.165, 1.54) is 0 Å². The molecule has 0 bridgehead atoms. The minimum Gasteiger partial charge on any atom is -0.399 e. The second kappa shape index (κ2) is 4.89. The summed E-state index contributed by atoms with van der Waals surface area (Å²) in [5.41, 5.74) is 6.31. The summed E-state index contributed by atoms with van der Waals surface area (Å²) in [5, 5.41) is 3.71. The van der Waals surface area contributed by atoms with Gasteiger partial charge in [-0.05, 0) is 25.8 Å². The van der Waals surface area contributed by atoms with Gasteiger partial charge in [0.1, 0.15) is 11.0 Å². The van der Waals surface area contributed by atoms with Gasteiger partial charge in [0.2, 0.25) is 0 Å². The van der Waals surface area contributed by atoms with E-state index < -0.39 is 0 Å². The number of nitrogens with one attached hydrogen (secondary N) is 1. The fourth-order valence-electron chi connectivity index (χ4n) is 1.86. The molecule has 5 heteroatoms. The van der Waals surface area contributed by atoms with E-state index in [2.05, 4.69) is 10.3 Å². The molecule has 1 fully saturated rings. The molecular weight excluding hydrogens is 226 g/mol. The highest BCUT2D eigenvalue weighted by atomic mass is 35.5. The Morgan fingerprint density at radius 2 is 2.31 bits per heavy atom. The van der Waals surface area contributed by atoms with Crippen LogP contribution in [0.3, 0.4) is 0 Å². The Hall–Kier alpha value is -1.00. The molecule has 0 aromatic carbocycles. The summed E-state index contributed by atoms with van der Waals surface area (Å²) in [6.45, 7) is 2.79. The van der Waals surface area contributed by atoms with Gasteiger partial charge in [0.05, 0.1) is 6.10 Å². The molecule has 0 aliphatic heterocycles. The molecule has 1 aliphatic rings. The molecule has 0 atom stereocenters. The summed E-state index contributed by atoms with van der Waals surface area (Å²) in [4.78, 5) is 4.16. The molecule has 0 amide bonds. The maximum atomic E-state index is 5.82. The first kappa shape index (κ1) is 11.5. The van der Waals surface area contributed by atoms with Crippen molar-refractivity contribution in [2.24, 2.45) is 0 Å². The van der Waals surface area contributed by atoms with Crippen molar-refractivity contribution >= 4 is 23.1 Å². The average molecular weight is 242 g/mol. The van der Waals surface area contributed by atoms with Crippen LogP contribution in [0.25, 0.3) is 0 Å². The first-order valence-corrected chi connectivity index (χ1v) is 5.86. The molecule has 1 aromatic rings. The van der Waals surface area contributed by atoms with E-state index in [0.717, 1.165) is 25.3 Å². The van der Waals surface area contributed by atoms with Gasteiger partial charge in [-0.1, -0.05) is 11.6 Å². The number of hydrogen-bond acceptors (Lipinski definition) is 4. The van der Waals surface area contributed by atoms with Crippen molar-refractivity contribution in [3.8, 4) is 0 Å². The highest BCUT2D eigenvalue weighted by Crippen LogP contribution is 2.27. The predicted octanol–water partition coefficient (Wildman–Crippen LogP) is 2.30. The Morgan fingerprint density at radius 1 is 1.56 bits per heavy atom. The molecule has 3 N–H and O–H groups in total. The Labute approximate surface area is 100 Å². The van der Waals surface area contributed by atoms with Crippen LogP contribution in [0.4, 0.5) is 11.5 Å². The van der Waals surface area contributed by atoms with Crippen molar-refractivity contribution < 1.29 is 4.74 Å². The van der Waals surface area contributed by atoms with E-state index in [0.29, 0.717) is 23.0 Å². The van der Waals surface area contributed by atoms with Gasteiger partial charge in [-0.15, -0.1) is 0 Å². The molecule has 0 saturated heterocycles. The standard InChI is InChI=1S/C11H16ClN3O/c1-2-16-9-5-8(6-9)14-11-4-7(13)3-10(12)15-11/h3-4,8-9H,2,5-6H2,1H3,(H3,13,14,15). The minimum atomic E-state index is 0.388. The van der Waals surface area contributed by atoms with Crippen LogP contribution in [0.15, 0.2) is 12.1 Å². The van der Waals surface area contributed by atoms with Crippen LogP contribution in [-0.4, -0.2) is 23.7 Å². The van der Waals surface area contributed by atoms with Crippen molar-refractivity contribution in [2.75, 3.05) is 17.7 Å². The number of pyridine rings is 1. The molecule has 0 unspecified atom stereocenters. The van der Waals surface area contributed by atoms with Gasteiger partial charge in [-0.25, -0.2) is 4.98 Å². The van der Waals surface area contributed by atoms with Crippen LogP contribution in [-0.2, 0) is 4.74 Å². The van der Waals surface area contributed by atoms with Crippen LogP contribution >= 0.6 is 11.6 Å². The lowest BCUT2D eigenvalue weighted by atomic mass is 9.89. The van der Waals surface area contributed by atoms with E-state index >= 15 is 0 Å². The maximum absolute atomic E-state index is 5.82. The number of hydrogen-bond donors (Lipinski definition) is 2. The molecule has 1 saturated carbocycles. The fraction of sp³-hybridized carbons (Fsp3) is 0.545. The molecule has 16 heavy (non-hydrogen) atoms. The topological polar surface area (TPSA) is 60.2 Å². The van der Waals surface area contributed by atoms with Crippen molar-refractivity contribution in [3.63, 3.8) is 0 Å². The smallest absolute Gasteiger partial charge is 0.133 e. The molecule has 1 heterocycles. The quantitative estimate of drug-likeness (QED) is 0.795. The summed E-state index contributed by atoms with van der Waals surface area (Å²) in [5.74, 6) is 0.741. The van der Waals surface area contributed by atoms with Crippen LogP contribution < -0.4 is 11.1 Å². The largest absolute Gasteiger partial charge is 0.399 e. The SMILES string of the molecule is CCOC1CC(Nc2cc(N)cc(Cl)n2)C1. The third-order valence-corrected chi connectivity index (χ3v) is 2.86. The lowest BCUT2D eigenvalue weighted by Crippen LogP contribution is -2.41. The average Bonchev–Trinajstić information content (AvgIpc) is 2.13. The number of anilines is 2. The van der Waals surface area contributed by atoms with Crippen molar-refractivity contribution in [1.82, 2.24) is 4.98 Å². The molecular formula is C11H16ClN3O. The van der Waals surface area contributed by atoms with Gasteiger partial charge in [0, 0.05) is 24.4 Å². The fourth-order valence-corrected chi connectivity index (χ4v) is 2.07. The number of aromatic nitrogens is 1. The number of nitrogens with zero attached hydrogens (tertiary/aromatic N) is 1. The third-order valence-electron chi connectivity index (χ3n) is 2.67. The molecule has 0 spiro atoms. The number of rotatable bonds is 4. The van der Waals surface area contributed by atoms with Gasteiger partial charge >= 0.3 is 0 Å². The Morgan fingerprint density at radius 3 is 2.94 bits per heavy atom. The zero-order valence-electron chi connectivity index (χ0n) is 9.24. The highest BCUT2D eigenvalue weighted by molar-refractivity contribution is 6.29. The Balaban J connectivity index is 1.86. The van der Waals surface area contributed by atoms with Crippen molar-refractivity contribution in [1.29, 1.82) is 0 Å². The zero-order chi connectivity index (χ0) is 11.5. The summed E-state index contributed by atoms with van der Waals surface area (Å²) in [7, 11) is 0. The van der Waals surface area contributed by atoms with E-state index in [4.69, 9.17) is 22.1 Å². The monoisotopic (exact) mass is 241 g/mol. The Bertz CT molecular complexity index is 346. The van der Waals surface area contributed by atoms with Gasteiger partial charge in [-0.2, -0.15) is 0 Å². The Kier molecular flexibility index (Phi) is 3.51.